The number of rotatable bonds is 3. The van der Waals surface area contributed by atoms with Gasteiger partial charge in [-0.3, -0.25) is 10.1 Å². The van der Waals surface area contributed by atoms with Gasteiger partial charge in [0.25, 0.3) is 22.8 Å². The molecule has 0 saturated carbocycles. The van der Waals surface area contributed by atoms with E-state index in [1.165, 1.54) is 0 Å². The van der Waals surface area contributed by atoms with Crippen molar-refractivity contribution in [2.45, 2.75) is 5.92 Å². The highest BCUT2D eigenvalue weighted by Crippen LogP contribution is 2.36. The van der Waals surface area contributed by atoms with Gasteiger partial charge in [-0.2, -0.15) is 4.90 Å². The summed E-state index contributed by atoms with van der Waals surface area (Å²) in [6.45, 7) is 0. The van der Waals surface area contributed by atoms with E-state index in [2.05, 4.69) is 9.79 Å². The number of nitrogens with zero attached hydrogens (tertiary/aromatic N) is 4. The molecule has 1 N–H and O–H groups in total. The van der Waals surface area contributed by atoms with Crippen molar-refractivity contribution in [2.75, 3.05) is 19.0 Å². The van der Waals surface area contributed by atoms with Crippen LogP contribution in [0.5, 0.6) is 0 Å². The lowest BCUT2D eigenvalue weighted by molar-refractivity contribution is -0.720. The Morgan fingerprint density at radius 2 is 1.84 bits per heavy atom. The van der Waals surface area contributed by atoms with Gasteiger partial charge in [-0.15, -0.1) is 0 Å². The zero-order valence-corrected chi connectivity index (χ0v) is 13.2. The standard InChI is InChI=1S/C14H13N5O6/c1-16(2)9-5-3-8(4-6-9)12-10(17(20)21)7-11(18(22)23)13-14(12)19(24)25-15-13/h3-7,12,15H,1-2H3. The van der Waals surface area contributed by atoms with Crippen LogP contribution < -0.4 is 9.50 Å². The highest BCUT2D eigenvalue weighted by molar-refractivity contribution is 6.06. The third kappa shape index (κ3) is 2.60. The molecule has 0 fully saturated rings. The molecule has 1 heterocycles. The number of nitrogens with one attached hydrogen (secondary N) is 1. The first-order chi connectivity index (χ1) is 11.8. The van der Waals surface area contributed by atoms with Gasteiger partial charge in [0.1, 0.15) is 5.92 Å². The molecular weight excluding hydrogens is 334 g/mol. The molecule has 3 rings (SSSR count). The van der Waals surface area contributed by atoms with Gasteiger partial charge in [-0.25, -0.2) is 0 Å². The molecule has 1 aliphatic rings. The summed E-state index contributed by atoms with van der Waals surface area (Å²) in [5.41, 5.74) is -0.183. The van der Waals surface area contributed by atoms with E-state index in [0.717, 1.165) is 11.8 Å². The predicted molar refractivity (Wildman–Crippen MR) is 85.2 cm³/mol. The highest BCUT2D eigenvalue weighted by atomic mass is 16.8. The van der Waals surface area contributed by atoms with Gasteiger partial charge in [-0.1, -0.05) is 21.9 Å². The molecule has 0 radical (unpaired) electrons. The third-order valence-electron chi connectivity index (χ3n) is 3.94. The molecule has 0 saturated heterocycles. The van der Waals surface area contributed by atoms with Crippen molar-refractivity contribution < 1.29 is 19.1 Å². The fourth-order valence-electron chi connectivity index (χ4n) is 2.74. The van der Waals surface area contributed by atoms with E-state index >= 15 is 0 Å². The Balaban J connectivity index is 2.24. The van der Waals surface area contributed by atoms with Gasteiger partial charge in [0.15, 0.2) is 4.60 Å². The number of allylic oxidation sites excluding steroid dienone is 2. The molecule has 0 bridgehead atoms. The van der Waals surface area contributed by atoms with E-state index in [1.807, 2.05) is 19.0 Å². The van der Waals surface area contributed by atoms with Crippen LogP contribution in [-0.4, -0.2) is 34.8 Å². The molecule has 1 aromatic heterocycles. The number of hydrogen-bond donors (Lipinski definition) is 1. The zero-order chi connectivity index (χ0) is 18.3. The molecule has 0 spiro atoms. The molecule has 0 aliphatic heterocycles. The van der Waals surface area contributed by atoms with Gasteiger partial charge in [-0.05, 0) is 22.6 Å². The first-order valence-electron chi connectivity index (χ1n) is 7.10. The Morgan fingerprint density at radius 3 is 2.36 bits per heavy atom. The number of H-pyrrole nitrogens is 1. The van der Waals surface area contributed by atoms with Crippen molar-refractivity contribution >= 4 is 11.4 Å². The summed E-state index contributed by atoms with van der Waals surface area (Å²) < 4.78 is 4.61. The van der Waals surface area contributed by atoms with Crippen LogP contribution in [0.25, 0.3) is 0 Å². The van der Waals surface area contributed by atoms with Gasteiger partial charge in [0, 0.05) is 19.8 Å². The monoisotopic (exact) mass is 347 g/mol. The lowest BCUT2D eigenvalue weighted by Crippen LogP contribution is -2.31. The van der Waals surface area contributed by atoms with Crippen molar-refractivity contribution in [3.05, 3.63) is 78.4 Å². The second kappa shape index (κ2) is 5.78. The number of fused-ring (bicyclic) bond motifs is 1. The molecule has 0 amide bonds. The third-order valence-corrected chi connectivity index (χ3v) is 3.94. The lowest BCUT2D eigenvalue weighted by atomic mass is 9.86. The van der Waals surface area contributed by atoms with Crippen molar-refractivity contribution in [2.24, 2.45) is 0 Å². The van der Waals surface area contributed by atoms with E-state index in [-0.39, 0.29) is 16.0 Å². The fourth-order valence-corrected chi connectivity index (χ4v) is 2.74. The van der Waals surface area contributed by atoms with E-state index in [9.17, 15) is 25.4 Å². The summed E-state index contributed by atoms with van der Waals surface area (Å²) in [4.78, 5) is 23.8. The van der Waals surface area contributed by atoms with Crippen molar-refractivity contribution in [3.63, 3.8) is 0 Å². The van der Waals surface area contributed by atoms with E-state index < -0.39 is 27.2 Å². The molecule has 130 valence electrons. The van der Waals surface area contributed by atoms with E-state index in [1.54, 1.807) is 24.3 Å². The van der Waals surface area contributed by atoms with Crippen LogP contribution in [-0.2, 0) is 0 Å². The zero-order valence-electron chi connectivity index (χ0n) is 13.2. The number of aromatic amines is 1. The maximum atomic E-state index is 12.0. The Kier molecular flexibility index (Phi) is 3.75. The molecule has 1 aromatic carbocycles. The molecule has 1 unspecified atom stereocenters. The molecule has 11 nitrogen and oxygen atoms in total. The summed E-state index contributed by atoms with van der Waals surface area (Å²) in [6, 6.07) is 6.73. The molecule has 1 aliphatic carbocycles. The quantitative estimate of drug-likeness (QED) is 0.488. The molecule has 1 atom stereocenters. The smallest absolute Gasteiger partial charge is 0.289 e. The number of hydrogen-bond acceptors (Lipinski definition) is 7. The van der Waals surface area contributed by atoms with Crippen LogP contribution in [0.3, 0.4) is 0 Å². The Morgan fingerprint density at radius 1 is 1.20 bits per heavy atom. The average molecular weight is 347 g/mol. The number of benzene rings is 1. The minimum atomic E-state index is -1.10. The van der Waals surface area contributed by atoms with Gasteiger partial charge < -0.3 is 15.3 Å². The number of nitro groups is 1. The van der Waals surface area contributed by atoms with Crippen molar-refractivity contribution in [3.8, 4) is 0 Å². The fraction of sp³-hybridized carbons (Fsp3) is 0.214. The van der Waals surface area contributed by atoms with Crippen LogP contribution in [0.2, 0.25) is 0 Å². The Hall–Kier alpha value is -3.63. The van der Waals surface area contributed by atoms with Crippen LogP contribution >= 0.6 is 0 Å². The molecule has 11 heteroatoms. The lowest BCUT2D eigenvalue weighted by Gasteiger charge is -2.17. The van der Waals surface area contributed by atoms with Crippen LogP contribution in [0.1, 0.15) is 22.9 Å². The molecular formula is C14H13N5O6. The summed E-state index contributed by atoms with van der Waals surface area (Å²) in [7, 11) is 3.68. The number of aromatic nitrogens is 2. The minimum Gasteiger partial charge on any atom is -0.612 e. The van der Waals surface area contributed by atoms with Crippen LogP contribution in [0, 0.1) is 25.4 Å². The summed E-state index contributed by atoms with van der Waals surface area (Å²) in [5, 5.41) is 36.0. The summed E-state index contributed by atoms with van der Waals surface area (Å²) >= 11 is 0. The minimum absolute atomic E-state index is 0.0276. The maximum absolute atomic E-state index is 12.0. The van der Waals surface area contributed by atoms with Gasteiger partial charge >= 0.3 is 0 Å². The van der Waals surface area contributed by atoms with Crippen LogP contribution in [0.4, 0.5) is 5.69 Å². The van der Waals surface area contributed by atoms with Crippen molar-refractivity contribution in [1.82, 2.24) is 5.16 Å². The number of anilines is 1. The van der Waals surface area contributed by atoms with Crippen LogP contribution in [0.15, 0.2) is 40.7 Å². The normalized spacial score (nSPS) is 16.2. The highest BCUT2D eigenvalue weighted by Gasteiger charge is 2.47. The maximum Gasteiger partial charge on any atom is 0.289 e. The van der Waals surface area contributed by atoms with E-state index in [4.69, 9.17) is 0 Å². The first-order valence-corrected chi connectivity index (χ1v) is 7.10. The second-order valence-electron chi connectivity index (χ2n) is 5.60. The molecule has 25 heavy (non-hydrogen) atoms. The second-order valence-corrected chi connectivity index (χ2v) is 5.60. The van der Waals surface area contributed by atoms with Gasteiger partial charge in [0.05, 0.1) is 11.0 Å². The summed E-state index contributed by atoms with van der Waals surface area (Å²) in [6.07, 6.45) is 0.846. The first kappa shape index (κ1) is 16.2. The van der Waals surface area contributed by atoms with E-state index in [0.29, 0.717) is 5.56 Å². The molecule has 2 aromatic rings. The largest absolute Gasteiger partial charge is 0.612 e. The summed E-state index contributed by atoms with van der Waals surface area (Å²) in [5.74, 6) is -1.10. The SMILES string of the molecule is CN(C)c1ccc(C2C([N+](=O)[O-])=CC(=[N+]([O-])[O-])c3[nH]o[n+](=O)c32)cc1. The predicted octanol–water partition coefficient (Wildman–Crippen LogP) is 0.691. The van der Waals surface area contributed by atoms with Gasteiger partial charge in [0.2, 0.25) is 0 Å². The Labute approximate surface area is 139 Å². The topological polar surface area (TPSA) is 147 Å². The average Bonchev–Trinajstić information content (AvgIpc) is 2.95. The van der Waals surface area contributed by atoms with Crippen molar-refractivity contribution in [1.29, 1.82) is 0 Å². The Bertz CT molecular complexity index is 949.